The number of ether oxygens (including phenoxy) is 2. The van der Waals surface area contributed by atoms with E-state index in [4.69, 9.17) is 15.2 Å². The van der Waals surface area contributed by atoms with Crippen LogP contribution in [0.4, 0.5) is 4.39 Å². The first kappa shape index (κ1) is 18.6. The van der Waals surface area contributed by atoms with Crippen molar-refractivity contribution in [1.82, 2.24) is 4.90 Å². The first-order valence-corrected chi connectivity index (χ1v) is 5.94. The number of methoxy groups -OCH3 is 1. The van der Waals surface area contributed by atoms with Crippen molar-refractivity contribution in [3.63, 3.8) is 0 Å². The van der Waals surface area contributed by atoms with Crippen LogP contribution in [0, 0.1) is 5.82 Å². The molecule has 0 bridgehead atoms. The normalized spacial score (nSPS) is 11.4. The van der Waals surface area contributed by atoms with Crippen molar-refractivity contribution in [3.05, 3.63) is 30.1 Å². The van der Waals surface area contributed by atoms with Gasteiger partial charge in [-0.05, 0) is 24.3 Å². The number of hydrogen-bond acceptors (Lipinski definition) is 4. The number of amides is 1. The van der Waals surface area contributed by atoms with Crippen molar-refractivity contribution in [3.8, 4) is 5.75 Å². The Morgan fingerprint density at radius 3 is 2.50 bits per heavy atom. The van der Waals surface area contributed by atoms with E-state index in [1.807, 2.05) is 0 Å². The van der Waals surface area contributed by atoms with Crippen LogP contribution in [0.1, 0.15) is 0 Å². The summed E-state index contributed by atoms with van der Waals surface area (Å²) in [5, 5.41) is 0. The van der Waals surface area contributed by atoms with Gasteiger partial charge in [-0.15, -0.1) is 12.4 Å². The first-order chi connectivity index (χ1) is 9.08. The number of nitrogens with zero attached hydrogens (tertiary/aromatic N) is 1. The summed E-state index contributed by atoms with van der Waals surface area (Å²) >= 11 is 0. The summed E-state index contributed by atoms with van der Waals surface area (Å²) in [4.78, 5) is 13.3. The van der Waals surface area contributed by atoms with Gasteiger partial charge >= 0.3 is 0 Å². The summed E-state index contributed by atoms with van der Waals surface area (Å²) in [5.74, 6) is 0.0580. The predicted octanol–water partition coefficient (Wildman–Crippen LogP) is 1.06. The fraction of sp³-hybridized carbons (Fsp3) is 0.462. The third-order valence-electron chi connectivity index (χ3n) is 2.66. The second-order valence-corrected chi connectivity index (χ2v) is 4.02. The van der Waals surface area contributed by atoms with Crippen molar-refractivity contribution in [1.29, 1.82) is 0 Å². The van der Waals surface area contributed by atoms with E-state index in [1.165, 1.54) is 36.3 Å². The SMILES string of the molecule is COC(CN)C(=O)N(C)CCOc1ccc(F)cc1.Cl. The molecule has 7 heteroatoms. The number of carbonyl (C=O) groups excluding carboxylic acids is 1. The first-order valence-electron chi connectivity index (χ1n) is 5.94. The molecule has 20 heavy (non-hydrogen) atoms. The number of carbonyl (C=O) groups is 1. The molecule has 0 aromatic heterocycles. The van der Waals surface area contributed by atoms with E-state index in [2.05, 4.69) is 0 Å². The Morgan fingerprint density at radius 1 is 1.40 bits per heavy atom. The molecule has 0 aliphatic heterocycles. The van der Waals surface area contributed by atoms with E-state index in [1.54, 1.807) is 7.05 Å². The lowest BCUT2D eigenvalue weighted by molar-refractivity contribution is -0.140. The summed E-state index contributed by atoms with van der Waals surface area (Å²) in [6.07, 6.45) is -0.629. The molecule has 1 aromatic rings. The molecule has 2 N–H and O–H groups in total. The molecule has 0 radical (unpaired) electrons. The summed E-state index contributed by atoms with van der Waals surface area (Å²) in [6, 6.07) is 5.71. The van der Waals surface area contributed by atoms with Gasteiger partial charge in [0, 0.05) is 20.7 Å². The van der Waals surface area contributed by atoms with Gasteiger partial charge < -0.3 is 20.1 Å². The zero-order chi connectivity index (χ0) is 14.3. The molecule has 0 heterocycles. The van der Waals surface area contributed by atoms with Gasteiger partial charge in [0.15, 0.2) is 0 Å². The van der Waals surface area contributed by atoms with Crippen molar-refractivity contribution in [2.75, 3.05) is 33.9 Å². The van der Waals surface area contributed by atoms with Crippen LogP contribution >= 0.6 is 12.4 Å². The fourth-order valence-corrected chi connectivity index (χ4v) is 1.49. The van der Waals surface area contributed by atoms with Crippen molar-refractivity contribution < 1.29 is 18.7 Å². The molecule has 0 aliphatic carbocycles. The van der Waals surface area contributed by atoms with E-state index in [-0.39, 0.29) is 30.7 Å². The lowest BCUT2D eigenvalue weighted by atomic mass is 10.3. The Kier molecular flexibility index (Phi) is 8.87. The third kappa shape index (κ3) is 5.73. The van der Waals surface area contributed by atoms with Crippen LogP contribution in [-0.4, -0.2) is 50.8 Å². The van der Waals surface area contributed by atoms with Gasteiger partial charge in [-0.1, -0.05) is 0 Å². The van der Waals surface area contributed by atoms with E-state index >= 15 is 0 Å². The Balaban J connectivity index is 0.00000361. The van der Waals surface area contributed by atoms with E-state index in [9.17, 15) is 9.18 Å². The van der Waals surface area contributed by atoms with Gasteiger partial charge in [-0.2, -0.15) is 0 Å². The summed E-state index contributed by atoms with van der Waals surface area (Å²) in [5.41, 5.74) is 5.42. The molecule has 1 amide bonds. The molecule has 0 saturated carbocycles. The van der Waals surface area contributed by atoms with Crippen molar-refractivity contribution >= 4 is 18.3 Å². The largest absolute Gasteiger partial charge is 0.492 e. The smallest absolute Gasteiger partial charge is 0.252 e. The maximum Gasteiger partial charge on any atom is 0.252 e. The number of benzene rings is 1. The highest BCUT2D eigenvalue weighted by Crippen LogP contribution is 2.10. The average Bonchev–Trinajstić information content (AvgIpc) is 2.42. The van der Waals surface area contributed by atoms with Gasteiger partial charge in [-0.25, -0.2) is 4.39 Å². The van der Waals surface area contributed by atoms with E-state index in [0.29, 0.717) is 18.9 Å². The van der Waals surface area contributed by atoms with Gasteiger partial charge in [0.2, 0.25) is 0 Å². The third-order valence-corrected chi connectivity index (χ3v) is 2.66. The molecular weight excluding hydrogens is 287 g/mol. The highest BCUT2D eigenvalue weighted by molar-refractivity contribution is 5.85. The van der Waals surface area contributed by atoms with Crippen LogP contribution in [0.2, 0.25) is 0 Å². The lowest BCUT2D eigenvalue weighted by Gasteiger charge is -2.21. The molecule has 0 fully saturated rings. The molecule has 1 atom stereocenters. The van der Waals surface area contributed by atoms with Crippen molar-refractivity contribution in [2.24, 2.45) is 5.73 Å². The van der Waals surface area contributed by atoms with E-state index < -0.39 is 6.10 Å². The minimum atomic E-state index is -0.629. The Morgan fingerprint density at radius 2 is 2.00 bits per heavy atom. The maximum atomic E-state index is 12.7. The van der Waals surface area contributed by atoms with Crippen LogP contribution in [0.15, 0.2) is 24.3 Å². The number of hydrogen-bond donors (Lipinski definition) is 1. The summed E-state index contributed by atoms with van der Waals surface area (Å²) in [6.45, 7) is 0.851. The monoisotopic (exact) mass is 306 g/mol. The van der Waals surface area contributed by atoms with Crippen LogP contribution < -0.4 is 10.5 Å². The lowest BCUT2D eigenvalue weighted by Crippen LogP contribution is -2.43. The van der Waals surface area contributed by atoms with Gasteiger partial charge in [0.1, 0.15) is 24.3 Å². The predicted molar refractivity (Wildman–Crippen MR) is 76.6 cm³/mol. The second-order valence-electron chi connectivity index (χ2n) is 4.02. The van der Waals surface area contributed by atoms with Crippen LogP contribution in [-0.2, 0) is 9.53 Å². The summed E-state index contributed by atoms with van der Waals surface area (Å²) < 4.78 is 23.0. The van der Waals surface area contributed by atoms with Gasteiger partial charge in [0.05, 0.1) is 6.54 Å². The van der Waals surface area contributed by atoms with Crippen LogP contribution in [0.3, 0.4) is 0 Å². The molecule has 114 valence electrons. The Labute approximate surface area is 124 Å². The Bertz CT molecular complexity index is 399. The molecule has 0 aliphatic rings. The molecule has 5 nitrogen and oxygen atoms in total. The Hall–Kier alpha value is -1.37. The standard InChI is InChI=1S/C13H19FN2O3.ClH/c1-16(13(17)12(9-15)18-2)7-8-19-11-5-3-10(14)4-6-11;/h3-6,12H,7-9,15H2,1-2H3;1H. The van der Waals surface area contributed by atoms with E-state index in [0.717, 1.165) is 0 Å². The van der Waals surface area contributed by atoms with Gasteiger partial charge in [-0.3, -0.25) is 4.79 Å². The number of halogens is 2. The average molecular weight is 307 g/mol. The molecule has 0 saturated heterocycles. The molecule has 1 rings (SSSR count). The topological polar surface area (TPSA) is 64.8 Å². The number of likely N-dealkylation sites (N-methyl/N-ethyl adjacent to an activating group) is 1. The number of nitrogens with two attached hydrogens (primary N) is 1. The quantitative estimate of drug-likeness (QED) is 0.818. The zero-order valence-corrected chi connectivity index (χ0v) is 12.4. The highest BCUT2D eigenvalue weighted by atomic mass is 35.5. The molecule has 1 unspecified atom stereocenters. The summed E-state index contributed by atoms with van der Waals surface area (Å²) in [7, 11) is 3.09. The maximum absolute atomic E-state index is 12.7. The minimum Gasteiger partial charge on any atom is -0.492 e. The van der Waals surface area contributed by atoms with Crippen molar-refractivity contribution in [2.45, 2.75) is 6.10 Å². The second kappa shape index (κ2) is 9.52. The highest BCUT2D eigenvalue weighted by Gasteiger charge is 2.19. The van der Waals surface area contributed by atoms with Crippen LogP contribution in [0.5, 0.6) is 5.75 Å². The fourth-order valence-electron chi connectivity index (χ4n) is 1.49. The molecule has 1 aromatic carbocycles. The molecule has 0 spiro atoms. The zero-order valence-electron chi connectivity index (χ0n) is 11.5. The number of rotatable bonds is 7. The molecular formula is C13H20ClFN2O3. The van der Waals surface area contributed by atoms with Crippen LogP contribution in [0.25, 0.3) is 0 Å². The minimum absolute atomic E-state index is 0. The van der Waals surface area contributed by atoms with Gasteiger partial charge in [0.25, 0.3) is 5.91 Å².